The highest BCUT2D eigenvalue weighted by molar-refractivity contribution is 8.00. The minimum Gasteiger partial charge on any atom is -0.378 e. The maximum Gasteiger partial charge on any atom is 0.272 e. The Morgan fingerprint density at radius 3 is 2.21 bits per heavy atom. The summed E-state index contributed by atoms with van der Waals surface area (Å²) in [6.45, 7) is 3.71. The lowest BCUT2D eigenvalue weighted by atomic mass is 10.1. The van der Waals surface area contributed by atoms with Crippen molar-refractivity contribution >= 4 is 64.2 Å². The van der Waals surface area contributed by atoms with Crippen LogP contribution in [0.2, 0.25) is 5.02 Å². The number of thioether (sulfide) groups is 1. The maximum absolute atomic E-state index is 13.5. The van der Waals surface area contributed by atoms with Crippen LogP contribution in [0.15, 0.2) is 108 Å². The third kappa shape index (κ3) is 8.98. The highest BCUT2D eigenvalue weighted by Gasteiger charge is 2.18. The molecule has 4 aromatic rings. The zero-order chi connectivity index (χ0) is 30.9. The lowest BCUT2D eigenvalue weighted by Gasteiger charge is -2.15. The van der Waals surface area contributed by atoms with E-state index in [1.165, 1.54) is 11.8 Å². The van der Waals surface area contributed by atoms with Gasteiger partial charge in [-0.1, -0.05) is 54.1 Å². The first-order valence-corrected chi connectivity index (χ1v) is 14.9. The Hall–Kier alpha value is -4.53. The van der Waals surface area contributed by atoms with E-state index >= 15 is 0 Å². The van der Waals surface area contributed by atoms with Crippen LogP contribution in [0.3, 0.4) is 0 Å². The number of hydrogen-bond donors (Lipinski definition) is 3. The van der Waals surface area contributed by atoms with Crippen LogP contribution >= 0.6 is 23.4 Å². The topological polar surface area (TPSA) is 90.5 Å². The number of nitrogens with one attached hydrogen (secondary N) is 3. The molecule has 0 aliphatic carbocycles. The van der Waals surface area contributed by atoms with Gasteiger partial charge in [-0.3, -0.25) is 14.4 Å². The van der Waals surface area contributed by atoms with E-state index in [4.69, 9.17) is 11.6 Å². The van der Waals surface area contributed by atoms with Crippen molar-refractivity contribution in [2.24, 2.45) is 0 Å². The van der Waals surface area contributed by atoms with E-state index < -0.39 is 17.1 Å². The van der Waals surface area contributed by atoms with Gasteiger partial charge in [-0.05, 0) is 85.6 Å². The zero-order valence-corrected chi connectivity index (χ0v) is 25.9. The van der Waals surface area contributed by atoms with E-state index in [1.807, 2.05) is 81.4 Å². The Morgan fingerprint density at radius 2 is 1.53 bits per heavy atom. The second kappa shape index (κ2) is 14.6. The molecule has 0 aliphatic rings. The number of anilines is 3. The first-order chi connectivity index (χ1) is 20.6. The number of benzene rings is 4. The first-order valence-electron chi connectivity index (χ1n) is 13.6. The lowest BCUT2D eigenvalue weighted by Crippen LogP contribution is -2.30. The minimum atomic E-state index is -0.481. The van der Waals surface area contributed by atoms with Gasteiger partial charge in [0.25, 0.3) is 11.8 Å². The van der Waals surface area contributed by atoms with E-state index in [2.05, 4.69) is 16.0 Å². The van der Waals surface area contributed by atoms with Crippen LogP contribution in [0.1, 0.15) is 28.4 Å². The molecule has 0 aromatic heterocycles. The van der Waals surface area contributed by atoms with E-state index in [0.29, 0.717) is 22.0 Å². The predicted octanol–water partition coefficient (Wildman–Crippen LogP) is 7.24. The van der Waals surface area contributed by atoms with Crippen molar-refractivity contribution in [1.29, 1.82) is 0 Å². The summed E-state index contributed by atoms with van der Waals surface area (Å²) < 4.78 is 0. The van der Waals surface area contributed by atoms with Gasteiger partial charge in [0.1, 0.15) is 5.70 Å². The molecule has 1 atom stereocenters. The molecule has 4 aromatic carbocycles. The highest BCUT2D eigenvalue weighted by Crippen LogP contribution is 2.28. The molecule has 0 spiro atoms. The summed E-state index contributed by atoms with van der Waals surface area (Å²) in [7, 11) is 3.90. The van der Waals surface area contributed by atoms with E-state index in [1.54, 1.807) is 54.6 Å². The second-order valence-electron chi connectivity index (χ2n) is 10.1. The average molecular weight is 613 g/mol. The molecule has 0 bridgehead atoms. The second-order valence-corrected chi connectivity index (χ2v) is 11.9. The average Bonchev–Trinajstić information content (AvgIpc) is 2.99. The molecule has 3 N–H and O–H groups in total. The number of aryl methyl sites for hydroxylation is 1. The number of rotatable bonds is 10. The molecule has 43 heavy (non-hydrogen) atoms. The molecule has 7 nitrogen and oxygen atoms in total. The fourth-order valence-corrected chi connectivity index (χ4v) is 5.10. The van der Waals surface area contributed by atoms with Gasteiger partial charge >= 0.3 is 0 Å². The third-order valence-corrected chi connectivity index (χ3v) is 7.96. The van der Waals surface area contributed by atoms with Gasteiger partial charge in [0.2, 0.25) is 5.91 Å². The highest BCUT2D eigenvalue weighted by atomic mass is 35.5. The number of nitrogens with zero attached hydrogens (tertiary/aromatic N) is 1. The van der Waals surface area contributed by atoms with Crippen molar-refractivity contribution in [3.05, 3.63) is 124 Å². The molecule has 1 unspecified atom stereocenters. The van der Waals surface area contributed by atoms with Crippen LogP contribution in [-0.4, -0.2) is 37.1 Å². The Labute approximate surface area is 261 Å². The monoisotopic (exact) mass is 612 g/mol. The fraction of sp³-hybridized carbons (Fsp3) is 0.147. The molecule has 0 fully saturated rings. The number of carbonyl (C=O) groups is 3. The van der Waals surface area contributed by atoms with Crippen LogP contribution in [0.5, 0.6) is 0 Å². The largest absolute Gasteiger partial charge is 0.378 e. The Balaban J connectivity index is 1.49. The molecule has 0 aliphatic heterocycles. The van der Waals surface area contributed by atoms with Gasteiger partial charge in [0.05, 0.1) is 5.25 Å². The fourth-order valence-electron chi connectivity index (χ4n) is 4.00. The standard InChI is InChI=1S/C34H33ClN4O3S/c1-22-13-16-27(21-30(22)35)36-32(40)23(2)43-29-12-8-11-26(20-29)37-34(42)31(38-33(41)25-9-6-5-7-10-25)19-24-14-17-28(18-15-24)39(3)4/h5-21,23H,1-4H3,(H,36,40)(H,37,42)(H,38,41)/b31-19+. The minimum absolute atomic E-state index is 0.0917. The summed E-state index contributed by atoms with van der Waals surface area (Å²) in [5.74, 6) is -1.05. The summed E-state index contributed by atoms with van der Waals surface area (Å²) in [5, 5.41) is 8.70. The van der Waals surface area contributed by atoms with Gasteiger partial charge in [-0.2, -0.15) is 0 Å². The number of hydrogen-bond acceptors (Lipinski definition) is 5. The van der Waals surface area contributed by atoms with Gasteiger partial charge in [-0.25, -0.2) is 0 Å². The summed E-state index contributed by atoms with van der Waals surface area (Å²) in [6, 6.07) is 28.9. The van der Waals surface area contributed by atoms with Crippen molar-refractivity contribution in [2.75, 3.05) is 29.6 Å². The van der Waals surface area contributed by atoms with Gasteiger partial charge < -0.3 is 20.9 Å². The van der Waals surface area contributed by atoms with Gasteiger partial charge in [0, 0.05) is 46.6 Å². The SMILES string of the molecule is Cc1ccc(NC(=O)C(C)Sc2cccc(NC(=O)/C(=C\c3ccc(N(C)C)cc3)NC(=O)c3ccccc3)c2)cc1Cl. The van der Waals surface area contributed by atoms with E-state index in [9.17, 15) is 14.4 Å². The molecule has 3 amide bonds. The van der Waals surface area contributed by atoms with Crippen molar-refractivity contribution in [3.63, 3.8) is 0 Å². The molecular formula is C34H33ClN4O3S. The van der Waals surface area contributed by atoms with E-state index in [0.717, 1.165) is 21.7 Å². The summed E-state index contributed by atoms with van der Waals surface area (Å²) >= 11 is 7.55. The van der Waals surface area contributed by atoms with Crippen LogP contribution in [0, 0.1) is 6.92 Å². The maximum atomic E-state index is 13.5. The van der Waals surface area contributed by atoms with Crippen molar-refractivity contribution in [2.45, 2.75) is 24.0 Å². The van der Waals surface area contributed by atoms with Crippen LogP contribution in [-0.2, 0) is 9.59 Å². The molecule has 0 saturated heterocycles. The molecule has 0 radical (unpaired) electrons. The summed E-state index contributed by atoms with van der Waals surface area (Å²) in [5.41, 5.74) is 4.37. The van der Waals surface area contributed by atoms with E-state index in [-0.39, 0.29) is 11.6 Å². The Morgan fingerprint density at radius 1 is 0.837 bits per heavy atom. The molecular weight excluding hydrogens is 580 g/mol. The van der Waals surface area contributed by atoms with Crippen molar-refractivity contribution in [3.8, 4) is 0 Å². The smallest absolute Gasteiger partial charge is 0.272 e. The first kappa shape index (κ1) is 31.4. The van der Waals surface area contributed by atoms with Gasteiger partial charge in [-0.15, -0.1) is 11.8 Å². The Kier molecular flexibility index (Phi) is 10.6. The Bertz CT molecular complexity index is 1640. The van der Waals surface area contributed by atoms with Crippen molar-refractivity contribution < 1.29 is 14.4 Å². The lowest BCUT2D eigenvalue weighted by molar-refractivity contribution is -0.115. The normalized spacial score (nSPS) is 11.8. The van der Waals surface area contributed by atoms with Gasteiger partial charge in [0.15, 0.2) is 0 Å². The molecule has 0 heterocycles. The third-order valence-electron chi connectivity index (χ3n) is 6.46. The number of amides is 3. The quantitative estimate of drug-likeness (QED) is 0.130. The van der Waals surface area contributed by atoms with Crippen molar-refractivity contribution in [1.82, 2.24) is 5.32 Å². The number of carbonyl (C=O) groups excluding carboxylic acids is 3. The summed E-state index contributed by atoms with van der Waals surface area (Å²) in [6.07, 6.45) is 1.64. The zero-order valence-electron chi connectivity index (χ0n) is 24.4. The number of halogens is 1. The molecule has 9 heteroatoms. The summed E-state index contributed by atoms with van der Waals surface area (Å²) in [4.78, 5) is 42.0. The molecule has 4 rings (SSSR count). The van der Waals surface area contributed by atoms with Crippen LogP contribution in [0.25, 0.3) is 6.08 Å². The molecule has 0 saturated carbocycles. The van der Waals surface area contributed by atoms with Crippen LogP contribution < -0.4 is 20.9 Å². The predicted molar refractivity (Wildman–Crippen MR) is 178 cm³/mol. The van der Waals surface area contributed by atoms with Crippen LogP contribution in [0.4, 0.5) is 17.1 Å². The molecule has 220 valence electrons.